The second-order valence-corrected chi connectivity index (χ2v) is 6.82. The Labute approximate surface area is 129 Å². The molecule has 1 fully saturated rings. The Kier molecular flexibility index (Phi) is 5.44. The Morgan fingerprint density at radius 2 is 2.05 bits per heavy atom. The summed E-state index contributed by atoms with van der Waals surface area (Å²) in [5.41, 5.74) is 2.31. The molecule has 21 heavy (non-hydrogen) atoms. The summed E-state index contributed by atoms with van der Waals surface area (Å²) in [5, 5.41) is 7.87. The third-order valence-corrected chi connectivity index (χ3v) is 4.88. The lowest BCUT2D eigenvalue weighted by molar-refractivity contribution is 0.0590. The van der Waals surface area contributed by atoms with E-state index in [-0.39, 0.29) is 0 Å². The van der Waals surface area contributed by atoms with Gasteiger partial charge in [-0.1, -0.05) is 32.3 Å². The van der Waals surface area contributed by atoms with Crippen LogP contribution in [0.1, 0.15) is 63.6 Å². The van der Waals surface area contributed by atoms with Gasteiger partial charge >= 0.3 is 0 Å². The van der Waals surface area contributed by atoms with E-state index in [9.17, 15) is 0 Å². The van der Waals surface area contributed by atoms with E-state index in [1.165, 1.54) is 18.4 Å². The summed E-state index contributed by atoms with van der Waals surface area (Å²) >= 11 is 0. The summed E-state index contributed by atoms with van der Waals surface area (Å²) in [6.45, 7) is 15.5. The maximum absolute atomic E-state index is 5.39. The average molecular weight is 293 g/mol. The van der Waals surface area contributed by atoms with Crippen LogP contribution in [-0.4, -0.2) is 35.2 Å². The molecule has 0 radical (unpaired) electrons. The number of aromatic nitrogens is 1. The molecule has 0 aromatic carbocycles. The lowest BCUT2D eigenvalue weighted by Gasteiger charge is -2.45. The normalized spacial score (nSPS) is 25.5. The number of nitrogens with zero attached hydrogens (tertiary/aromatic N) is 2. The molecule has 4 heteroatoms. The summed E-state index contributed by atoms with van der Waals surface area (Å²) in [5.74, 6) is 1.61. The highest BCUT2D eigenvalue weighted by Gasteiger charge is 2.34. The highest BCUT2D eigenvalue weighted by molar-refractivity contribution is 5.25. The Bertz CT molecular complexity index is 435. The van der Waals surface area contributed by atoms with Crippen LogP contribution in [0.15, 0.2) is 4.52 Å². The highest BCUT2D eigenvalue weighted by Crippen LogP contribution is 2.31. The van der Waals surface area contributed by atoms with E-state index < -0.39 is 0 Å². The van der Waals surface area contributed by atoms with Crippen LogP contribution < -0.4 is 5.32 Å². The van der Waals surface area contributed by atoms with Gasteiger partial charge in [-0.05, 0) is 33.1 Å². The molecule has 1 N–H and O–H groups in total. The Morgan fingerprint density at radius 1 is 1.33 bits per heavy atom. The second-order valence-electron chi connectivity index (χ2n) is 6.82. The molecule has 4 nitrogen and oxygen atoms in total. The lowest BCUT2D eigenvalue weighted by Crippen LogP contribution is -2.58. The van der Waals surface area contributed by atoms with Crippen LogP contribution in [0.3, 0.4) is 0 Å². The first kappa shape index (κ1) is 16.5. The van der Waals surface area contributed by atoms with Gasteiger partial charge in [-0.2, -0.15) is 0 Å². The van der Waals surface area contributed by atoms with Crippen molar-refractivity contribution < 1.29 is 4.52 Å². The zero-order valence-electron chi connectivity index (χ0n) is 14.4. The number of hydrogen-bond acceptors (Lipinski definition) is 4. The molecule has 1 aromatic heterocycles. The van der Waals surface area contributed by atoms with Crippen LogP contribution in [0.5, 0.6) is 0 Å². The summed E-state index contributed by atoms with van der Waals surface area (Å²) in [6, 6.07) is 1.54. The van der Waals surface area contributed by atoms with E-state index in [1.54, 1.807) is 0 Å². The Morgan fingerprint density at radius 3 is 2.57 bits per heavy atom. The van der Waals surface area contributed by atoms with Crippen molar-refractivity contribution in [2.24, 2.45) is 5.92 Å². The molecule has 0 aliphatic carbocycles. The van der Waals surface area contributed by atoms with E-state index in [1.807, 2.05) is 6.92 Å². The van der Waals surface area contributed by atoms with Gasteiger partial charge in [0.1, 0.15) is 5.76 Å². The molecule has 120 valence electrons. The minimum atomic E-state index is 0.366. The first-order valence-corrected chi connectivity index (χ1v) is 8.37. The van der Waals surface area contributed by atoms with E-state index >= 15 is 0 Å². The number of rotatable bonds is 5. The van der Waals surface area contributed by atoms with Gasteiger partial charge in [0, 0.05) is 36.8 Å². The smallest absolute Gasteiger partial charge is 0.138 e. The van der Waals surface area contributed by atoms with E-state index in [0.29, 0.717) is 24.0 Å². The minimum absolute atomic E-state index is 0.366. The van der Waals surface area contributed by atoms with Crippen LogP contribution >= 0.6 is 0 Å². The first-order chi connectivity index (χ1) is 9.95. The third kappa shape index (κ3) is 3.49. The van der Waals surface area contributed by atoms with E-state index in [0.717, 1.165) is 24.5 Å². The van der Waals surface area contributed by atoms with E-state index in [2.05, 4.69) is 50.0 Å². The summed E-state index contributed by atoms with van der Waals surface area (Å²) in [4.78, 5) is 2.66. The standard InChI is InChI=1S/C17H31N3O/c1-7-8-15-10-20(16(9-18-15)11(2)3)13(5)17-12(4)19-21-14(17)6/h11,13,15-16,18H,7-10H2,1-6H3. The van der Waals surface area contributed by atoms with Crippen molar-refractivity contribution in [3.8, 4) is 0 Å². The fourth-order valence-corrected chi connectivity index (χ4v) is 3.72. The number of piperazine rings is 1. The summed E-state index contributed by atoms with van der Waals surface area (Å²) < 4.78 is 5.39. The molecule has 2 heterocycles. The average Bonchev–Trinajstić information content (AvgIpc) is 2.77. The molecule has 1 aliphatic rings. The predicted octanol–water partition coefficient (Wildman–Crippen LogP) is 3.45. The molecular formula is C17H31N3O. The monoisotopic (exact) mass is 293 g/mol. The van der Waals surface area contributed by atoms with Crippen molar-refractivity contribution in [1.82, 2.24) is 15.4 Å². The van der Waals surface area contributed by atoms with Crippen molar-refractivity contribution in [3.05, 3.63) is 17.0 Å². The van der Waals surface area contributed by atoms with Crippen LogP contribution in [0.4, 0.5) is 0 Å². The summed E-state index contributed by atoms with van der Waals surface area (Å²) in [6.07, 6.45) is 2.48. The van der Waals surface area contributed by atoms with Crippen molar-refractivity contribution >= 4 is 0 Å². The van der Waals surface area contributed by atoms with Crippen LogP contribution in [-0.2, 0) is 0 Å². The molecule has 3 atom stereocenters. The van der Waals surface area contributed by atoms with Crippen LogP contribution in [0, 0.1) is 19.8 Å². The number of hydrogen-bond donors (Lipinski definition) is 1. The van der Waals surface area contributed by atoms with Crippen molar-refractivity contribution in [1.29, 1.82) is 0 Å². The molecular weight excluding hydrogens is 262 g/mol. The maximum Gasteiger partial charge on any atom is 0.138 e. The third-order valence-electron chi connectivity index (χ3n) is 4.88. The van der Waals surface area contributed by atoms with Crippen molar-refractivity contribution in [2.75, 3.05) is 13.1 Å². The van der Waals surface area contributed by atoms with Gasteiger partial charge in [0.15, 0.2) is 0 Å². The largest absolute Gasteiger partial charge is 0.361 e. The quantitative estimate of drug-likeness (QED) is 0.903. The molecule has 0 spiro atoms. The number of nitrogens with one attached hydrogen (secondary N) is 1. The first-order valence-electron chi connectivity index (χ1n) is 8.37. The molecule has 0 saturated carbocycles. The second kappa shape index (κ2) is 6.93. The summed E-state index contributed by atoms with van der Waals surface area (Å²) in [7, 11) is 0. The highest BCUT2D eigenvalue weighted by atomic mass is 16.5. The fraction of sp³-hybridized carbons (Fsp3) is 0.824. The molecule has 0 amide bonds. The van der Waals surface area contributed by atoms with Crippen molar-refractivity contribution in [2.45, 2.75) is 72.5 Å². The topological polar surface area (TPSA) is 41.3 Å². The molecule has 0 bridgehead atoms. The maximum atomic E-state index is 5.39. The SMILES string of the molecule is CCCC1CN(C(C)c2c(C)noc2C)C(C(C)C)CN1. The van der Waals surface area contributed by atoms with E-state index in [4.69, 9.17) is 4.52 Å². The van der Waals surface area contributed by atoms with Gasteiger partial charge in [-0.3, -0.25) is 4.90 Å². The van der Waals surface area contributed by atoms with Gasteiger partial charge < -0.3 is 9.84 Å². The van der Waals surface area contributed by atoms with Crippen LogP contribution in [0.25, 0.3) is 0 Å². The van der Waals surface area contributed by atoms with Gasteiger partial charge in [0.05, 0.1) is 5.69 Å². The van der Waals surface area contributed by atoms with Gasteiger partial charge in [0.2, 0.25) is 0 Å². The zero-order chi connectivity index (χ0) is 15.6. The van der Waals surface area contributed by atoms with Crippen molar-refractivity contribution in [3.63, 3.8) is 0 Å². The molecule has 1 saturated heterocycles. The van der Waals surface area contributed by atoms with Gasteiger partial charge in [-0.25, -0.2) is 0 Å². The molecule has 2 rings (SSSR count). The Balaban J connectivity index is 2.22. The fourth-order valence-electron chi connectivity index (χ4n) is 3.72. The molecule has 1 aromatic rings. The van der Waals surface area contributed by atoms with Gasteiger partial charge in [-0.15, -0.1) is 0 Å². The van der Waals surface area contributed by atoms with Gasteiger partial charge in [0.25, 0.3) is 0 Å². The zero-order valence-corrected chi connectivity index (χ0v) is 14.4. The predicted molar refractivity (Wildman–Crippen MR) is 86.4 cm³/mol. The molecule has 1 aliphatic heterocycles. The number of aryl methyl sites for hydroxylation is 2. The lowest BCUT2D eigenvalue weighted by atomic mass is 9.93. The Hall–Kier alpha value is -0.870. The minimum Gasteiger partial charge on any atom is -0.361 e. The van der Waals surface area contributed by atoms with Crippen LogP contribution in [0.2, 0.25) is 0 Å². The molecule has 3 unspecified atom stereocenters.